The van der Waals surface area contributed by atoms with Crippen molar-refractivity contribution in [3.8, 4) is 17.2 Å². The molecule has 0 heterocycles. The lowest BCUT2D eigenvalue weighted by Gasteiger charge is -2.32. The number of halogens is 1. The molecule has 0 aromatic heterocycles. The summed E-state index contributed by atoms with van der Waals surface area (Å²) in [5.41, 5.74) is 3.34. The predicted molar refractivity (Wildman–Crippen MR) is 180 cm³/mol. The number of aliphatic carboxylic acids is 2. The Morgan fingerprint density at radius 1 is 1.00 bits per heavy atom. The summed E-state index contributed by atoms with van der Waals surface area (Å²) >= 11 is 7.77. The van der Waals surface area contributed by atoms with E-state index in [4.69, 9.17) is 31.3 Å². The van der Waals surface area contributed by atoms with Crippen LogP contribution in [0.2, 0.25) is 5.02 Å². The Labute approximate surface area is 271 Å². The topological polar surface area (TPSA) is 125 Å². The van der Waals surface area contributed by atoms with Crippen molar-refractivity contribution in [1.82, 2.24) is 0 Å². The van der Waals surface area contributed by atoms with Gasteiger partial charge in [0, 0.05) is 29.4 Å². The molecule has 2 aromatic rings. The highest BCUT2D eigenvalue weighted by atomic mass is 35.5. The minimum Gasteiger partial charge on any atom is -0.504 e. The Balaban J connectivity index is 2.24. The van der Waals surface area contributed by atoms with Gasteiger partial charge in [0.05, 0.1) is 17.3 Å². The molecule has 1 atom stereocenters. The van der Waals surface area contributed by atoms with Gasteiger partial charge < -0.3 is 30.1 Å². The van der Waals surface area contributed by atoms with Gasteiger partial charge >= 0.3 is 11.9 Å². The second kappa shape index (κ2) is 16.5. The van der Waals surface area contributed by atoms with Crippen molar-refractivity contribution in [3.05, 3.63) is 46.0 Å². The third-order valence-electron chi connectivity index (χ3n) is 8.40. The molecule has 0 aliphatic rings. The minimum atomic E-state index is -1.43. The van der Waals surface area contributed by atoms with Gasteiger partial charge in [-0.05, 0) is 54.4 Å². The molecule has 2 rings (SSSR count). The van der Waals surface area contributed by atoms with E-state index >= 15 is 0 Å². The molecule has 0 saturated heterocycles. The molecule has 10 heteroatoms. The van der Waals surface area contributed by atoms with Gasteiger partial charge in [0.25, 0.3) is 0 Å². The van der Waals surface area contributed by atoms with Crippen LogP contribution >= 0.6 is 23.4 Å². The molecule has 4 N–H and O–H groups in total. The fourth-order valence-electron chi connectivity index (χ4n) is 4.49. The molecule has 2 aromatic carbocycles. The average Bonchev–Trinajstić information content (AvgIpc) is 2.97. The summed E-state index contributed by atoms with van der Waals surface area (Å²) in [6.45, 7) is 17.5. The number of phenols is 1. The summed E-state index contributed by atoms with van der Waals surface area (Å²) in [4.78, 5) is 22.1. The molecule has 0 aliphatic heterocycles. The van der Waals surface area contributed by atoms with Gasteiger partial charge in [-0.3, -0.25) is 9.59 Å². The molecule has 0 aliphatic carbocycles. The predicted octanol–water partition coefficient (Wildman–Crippen LogP) is 8.63. The zero-order valence-corrected chi connectivity index (χ0v) is 29.0. The number of hydrogen-bond donors (Lipinski definition) is 4. The van der Waals surface area contributed by atoms with Crippen LogP contribution < -0.4 is 14.8 Å². The number of anilines is 1. The summed E-state index contributed by atoms with van der Waals surface area (Å²) in [6, 6.07) is 8.20. The molecule has 0 spiro atoms. The normalized spacial score (nSPS) is 12.7. The maximum atomic E-state index is 11.1. The van der Waals surface area contributed by atoms with Gasteiger partial charge in [-0.15, -0.1) is 0 Å². The zero-order valence-electron chi connectivity index (χ0n) is 27.4. The number of carboxylic acids is 2. The summed E-state index contributed by atoms with van der Waals surface area (Å²) < 4.78 is 12.6. The van der Waals surface area contributed by atoms with Crippen molar-refractivity contribution in [2.24, 2.45) is 5.92 Å². The molecule has 0 amide bonds. The van der Waals surface area contributed by atoms with Crippen LogP contribution in [-0.4, -0.2) is 51.6 Å². The number of ether oxygens (including phenoxy) is 2. The standard InChI is InChI=1S/C34H50ClNO7S/c1-9-13-28(43-26-15-14-22(33(5,6)10-2)18-24(26)34(7,8)11-3)36-25-19-27(21(4)29(35)30(25)37)42-16-12-17-44-20-23(31(38)39)32(40)41/h14-15,18-19,23,28,36-37H,9-13,16-17,20H2,1-8H3,(H,38,39)(H,40,41). The zero-order chi connectivity index (χ0) is 33.2. The SMILES string of the molecule is CCCC(Nc1cc(OCCCSCC(C(=O)O)C(=O)O)c(C)c(Cl)c1O)Oc1ccc(C(C)(C)CC)cc1C(C)(C)CC. The Morgan fingerprint density at radius 3 is 2.20 bits per heavy atom. The van der Waals surface area contributed by atoms with Crippen LogP contribution in [-0.2, 0) is 20.4 Å². The Morgan fingerprint density at radius 2 is 1.64 bits per heavy atom. The maximum Gasteiger partial charge on any atom is 0.318 e. The van der Waals surface area contributed by atoms with E-state index in [-0.39, 0.29) is 27.4 Å². The molecular weight excluding hydrogens is 602 g/mol. The van der Waals surface area contributed by atoms with E-state index in [0.717, 1.165) is 30.6 Å². The first-order valence-electron chi connectivity index (χ1n) is 15.4. The van der Waals surface area contributed by atoms with Gasteiger partial charge in [-0.2, -0.15) is 11.8 Å². The van der Waals surface area contributed by atoms with E-state index in [1.54, 1.807) is 13.0 Å². The molecule has 44 heavy (non-hydrogen) atoms. The van der Waals surface area contributed by atoms with Crippen LogP contribution in [0.1, 0.15) is 97.3 Å². The van der Waals surface area contributed by atoms with Crippen molar-refractivity contribution in [2.45, 2.75) is 105 Å². The molecule has 8 nitrogen and oxygen atoms in total. The molecule has 0 radical (unpaired) electrons. The fraction of sp³-hybridized carbons (Fsp3) is 0.588. The number of hydrogen-bond acceptors (Lipinski definition) is 7. The first-order valence-corrected chi connectivity index (χ1v) is 16.9. The van der Waals surface area contributed by atoms with Gasteiger partial charge in [0.15, 0.2) is 17.9 Å². The molecule has 1 unspecified atom stereocenters. The minimum absolute atomic E-state index is 0.0160. The molecule has 246 valence electrons. The van der Waals surface area contributed by atoms with E-state index < -0.39 is 24.1 Å². The number of benzene rings is 2. The third kappa shape index (κ3) is 9.86. The van der Waals surface area contributed by atoms with Crippen LogP contribution in [0, 0.1) is 12.8 Å². The first-order chi connectivity index (χ1) is 20.6. The van der Waals surface area contributed by atoms with Crippen LogP contribution in [0.25, 0.3) is 0 Å². The summed E-state index contributed by atoms with van der Waals surface area (Å²) in [7, 11) is 0. The molecular formula is C34H50ClNO7S. The third-order valence-corrected chi connectivity index (χ3v) is 10.0. The summed E-state index contributed by atoms with van der Waals surface area (Å²) in [5.74, 6) is -2.38. The molecule has 0 fully saturated rings. The largest absolute Gasteiger partial charge is 0.504 e. The quantitative estimate of drug-likeness (QED) is 0.0511. The number of aromatic hydroxyl groups is 1. The van der Waals surface area contributed by atoms with E-state index in [1.165, 1.54) is 17.3 Å². The number of thioether (sulfide) groups is 1. The van der Waals surface area contributed by atoms with E-state index in [1.807, 2.05) is 0 Å². The lowest BCUT2D eigenvalue weighted by molar-refractivity contribution is -0.153. The highest BCUT2D eigenvalue weighted by Gasteiger charge is 2.28. The van der Waals surface area contributed by atoms with Gasteiger partial charge in [0.2, 0.25) is 0 Å². The lowest BCUT2D eigenvalue weighted by Crippen LogP contribution is -2.29. The number of phenolic OH excluding ortho intramolecular Hbond substituents is 1. The van der Waals surface area contributed by atoms with Crippen molar-refractivity contribution in [3.63, 3.8) is 0 Å². The van der Waals surface area contributed by atoms with E-state index in [2.05, 4.69) is 72.0 Å². The van der Waals surface area contributed by atoms with Crippen molar-refractivity contribution >= 4 is 41.0 Å². The van der Waals surface area contributed by atoms with Gasteiger partial charge in [-0.25, -0.2) is 0 Å². The van der Waals surface area contributed by atoms with Crippen LogP contribution in [0.15, 0.2) is 24.3 Å². The van der Waals surface area contributed by atoms with E-state index in [0.29, 0.717) is 42.2 Å². The second-order valence-electron chi connectivity index (χ2n) is 12.4. The highest BCUT2D eigenvalue weighted by Crippen LogP contribution is 2.42. The number of nitrogens with one attached hydrogen (secondary N) is 1. The summed E-state index contributed by atoms with van der Waals surface area (Å²) in [5, 5.41) is 32.5. The Hall–Kier alpha value is -2.78. The summed E-state index contributed by atoms with van der Waals surface area (Å²) in [6.07, 6.45) is 3.61. The number of rotatable bonds is 19. The first kappa shape index (κ1) is 37.4. The van der Waals surface area contributed by atoms with Crippen molar-refractivity contribution in [2.75, 3.05) is 23.4 Å². The van der Waals surface area contributed by atoms with Gasteiger partial charge in [0.1, 0.15) is 11.5 Å². The van der Waals surface area contributed by atoms with Gasteiger partial charge in [-0.1, -0.05) is 78.6 Å². The maximum absolute atomic E-state index is 11.1. The Kier molecular flexibility index (Phi) is 14.0. The Bertz CT molecular complexity index is 1270. The fourth-order valence-corrected chi connectivity index (χ4v) is 5.70. The average molecular weight is 652 g/mol. The van der Waals surface area contributed by atoms with Crippen LogP contribution in [0.4, 0.5) is 5.69 Å². The lowest BCUT2D eigenvalue weighted by atomic mass is 9.76. The molecule has 0 bridgehead atoms. The number of carbonyl (C=O) groups is 2. The van der Waals surface area contributed by atoms with Crippen molar-refractivity contribution in [1.29, 1.82) is 0 Å². The van der Waals surface area contributed by atoms with Crippen molar-refractivity contribution < 1.29 is 34.4 Å². The highest BCUT2D eigenvalue weighted by molar-refractivity contribution is 7.99. The molecule has 0 saturated carbocycles. The van der Waals surface area contributed by atoms with E-state index in [9.17, 15) is 14.7 Å². The monoisotopic (exact) mass is 651 g/mol. The second-order valence-corrected chi connectivity index (χ2v) is 14.0. The van der Waals surface area contributed by atoms with Crippen LogP contribution in [0.5, 0.6) is 17.2 Å². The van der Waals surface area contributed by atoms with Crippen LogP contribution in [0.3, 0.4) is 0 Å². The smallest absolute Gasteiger partial charge is 0.318 e. The number of carboxylic acid groups (broad SMARTS) is 2.